The van der Waals surface area contributed by atoms with E-state index < -0.39 is 0 Å². The third-order valence-corrected chi connectivity index (χ3v) is 1.95. The minimum atomic E-state index is 0.0375. The number of nitrogens with one attached hydrogen (secondary N) is 1. The molecule has 0 amide bonds. The molecule has 0 fully saturated rings. The molecule has 0 saturated heterocycles. The topological polar surface area (TPSA) is 63.0 Å². The maximum absolute atomic E-state index is 9.69. The van der Waals surface area contributed by atoms with E-state index in [0.717, 1.165) is 5.57 Å². The van der Waals surface area contributed by atoms with E-state index in [1.54, 1.807) is 25.6 Å². The summed E-state index contributed by atoms with van der Waals surface area (Å²) in [5, 5.41) is 16.5. The van der Waals surface area contributed by atoms with Crippen LogP contribution in [0.15, 0.2) is 18.0 Å². The van der Waals surface area contributed by atoms with Crippen LogP contribution in [0.5, 0.6) is 0 Å². The average molecular weight is 208 g/mol. The van der Waals surface area contributed by atoms with Crippen molar-refractivity contribution in [2.45, 2.75) is 20.8 Å². The molecule has 0 atom stereocenters. The summed E-state index contributed by atoms with van der Waals surface area (Å²) in [4.78, 5) is 4.17. The van der Waals surface area contributed by atoms with E-state index in [9.17, 15) is 5.11 Å². The lowest BCUT2D eigenvalue weighted by Gasteiger charge is -2.10. The van der Waals surface area contributed by atoms with Crippen LogP contribution >= 0.6 is 0 Å². The lowest BCUT2D eigenvalue weighted by molar-refractivity contribution is 0.375. The van der Waals surface area contributed by atoms with Crippen LogP contribution in [0, 0.1) is 13.8 Å². The molecule has 2 N–H and O–H groups in total. The predicted molar refractivity (Wildman–Crippen MR) is 59.2 cm³/mol. The van der Waals surface area contributed by atoms with Gasteiger partial charge in [0.25, 0.3) is 0 Å². The number of hydrogen-bond donors (Lipinski definition) is 2. The molecule has 0 aliphatic rings. The van der Waals surface area contributed by atoms with E-state index in [0.29, 0.717) is 17.3 Å². The summed E-state index contributed by atoms with van der Waals surface area (Å²) in [7, 11) is 1.64. The fraction of sp³-hybridized carbons (Fsp3) is 0.400. The molecule has 0 aliphatic heterocycles. The predicted octanol–water partition coefficient (Wildman–Crippen LogP) is 1.37. The Labute approximate surface area is 89.1 Å². The fourth-order valence-electron chi connectivity index (χ4n) is 1.33. The van der Waals surface area contributed by atoms with Gasteiger partial charge in [0.2, 0.25) is 5.88 Å². The molecule has 0 unspecified atom stereocenters. The van der Waals surface area contributed by atoms with Gasteiger partial charge >= 0.3 is 0 Å². The van der Waals surface area contributed by atoms with Crippen LogP contribution in [0.1, 0.15) is 18.6 Å². The van der Waals surface area contributed by atoms with E-state index >= 15 is 0 Å². The molecular weight excluding hydrogens is 192 g/mol. The number of allylic oxidation sites excluding steroid dienone is 2. The maximum atomic E-state index is 9.69. The summed E-state index contributed by atoms with van der Waals surface area (Å²) in [5.74, 6) is 1.41. The average Bonchev–Trinajstić information content (AvgIpc) is 2.45. The molecule has 0 aliphatic carbocycles. The van der Waals surface area contributed by atoms with Crippen LogP contribution < -0.4 is 5.32 Å². The van der Waals surface area contributed by atoms with Crippen molar-refractivity contribution in [2.75, 3.05) is 7.05 Å². The first kappa shape index (κ1) is 11.3. The van der Waals surface area contributed by atoms with Crippen molar-refractivity contribution in [2.24, 2.45) is 0 Å². The van der Waals surface area contributed by atoms with Crippen molar-refractivity contribution in [1.29, 1.82) is 0 Å². The van der Waals surface area contributed by atoms with Gasteiger partial charge in [-0.3, -0.25) is 0 Å². The first-order valence-corrected chi connectivity index (χ1v) is 4.65. The zero-order chi connectivity index (χ0) is 11.6. The summed E-state index contributed by atoms with van der Waals surface area (Å²) in [5.41, 5.74) is 1.26. The zero-order valence-electron chi connectivity index (χ0n) is 9.50. The molecular formula is C10H16N4O. The number of aromatic nitrogens is 3. The van der Waals surface area contributed by atoms with Crippen molar-refractivity contribution in [3.63, 3.8) is 0 Å². The summed E-state index contributed by atoms with van der Waals surface area (Å²) in [6, 6.07) is 0. The van der Waals surface area contributed by atoms with Gasteiger partial charge in [-0.25, -0.2) is 9.67 Å². The summed E-state index contributed by atoms with van der Waals surface area (Å²) in [6.07, 6.45) is 0. The van der Waals surface area contributed by atoms with Gasteiger partial charge in [0.1, 0.15) is 17.3 Å². The van der Waals surface area contributed by atoms with E-state index in [1.807, 2.05) is 6.92 Å². The Morgan fingerprint density at radius 2 is 2.07 bits per heavy atom. The lowest BCUT2D eigenvalue weighted by atomic mass is 10.2. The van der Waals surface area contributed by atoms with Gasteiger partial charge in [-0.1, -0.05) is 6.58 Å². The molecule has 15 heavy (non-hydrogen) atoms. The zero-order valence-corrected chi connectivity index (χ0v) is 9.50. The number of aliphatic hydroxyl groups is 1. The van der Waals surface area contributed by atoms with Crippen LogP contribution in [0.2, 0.25) is 0 Å². The van der Waals surface area contributed by atoms with E-state index in [4.69, 9.17) is 0 Å². The normalized spacial score (nSPS) is 12.3. The van der Waals surface area contributed by atoms with Crippen molar-refractivity contribution in [1.82, 2.24) is 20.1 Å². The largest absolute Gasteiger partial charge is 0.493 e. The molecule has 0 radical (unpaired) electrons. The molecule has 1 heterocycles. The third kappa shape index (κ3) is 2.18. The number of rotatable bonds is 3. The van der Waals surface area contributed by atoms with E-state index in [-0.39, 0.29) is 5.88 Å². The van der Waals surface area contributed by atoms with Gasteiger partial charge in [-0.15, -0.1) is 0 Å². The Hall–Kier alpha value is -1.78. The maximum Gasteiger partial charge on any atom is 0.211 e. The van der Waals surface area contributed by atoms with Crippen LogP contribution in [-0.4, -0.2) is 26.9 Å². The number of aliphatic hydroxyl groups excluding tert-OH is 1. The minimum Gasteiger partial charge on any atom is -0.493 e. The second-order valence-electron chi connectivity index (χ2n) is 3.35. The molecule has 82 valence electrons. The first-order valence-electron chi connectivity index (χ1n) is 4.65. The highest BCUT2D eigenvalue weighted by Gasteiger charge is 2.13. The second kappa shape index (κ2) is 4.16. The lowest BCUT2D eigenvalue weighted by Crippen LogP contribution is -2.14. The number of hydrogen-bond acceptors (Lipinski definition) is 4. The highest BCUT2D eigenvalue weighted by molar-refractivity contribution is 5.63. The van der Waals surface area contributed by atoms with Gasteiger partial charge in [-0.2, -0.15) is 5.10 Å². The highest BCUT2D eigenvalue weighted by atomic mass is 16.3. The smallest absolute Gasteiger partial charge is 0.211 e. The molecule has 0 aromatic carbocycles. The summed E-state index contributed by atoms with van der Waals surface area (Å²) < 4.78 is 1.57. The molecule has 1 rings (SSSR count). The van der Waals surface area contributed by atoms with Gasteiger partial charge in [-0.05, 0) is 26.3 Å². The van der Waals surface area contributed by atoms with Crippen molar-refractivity contribution < 1.29 is 5.11 Å². The van der Waals surface area contributed by atoms with Crippen LogP contribution in [-0.2, 0) is 0 Å². The Bertz CT molecular complexity index is 417. The van der Waals surface area contributed by atoms with Crippen molar-refractivity contribution in [3.05, 3.63) is 29.7 Å². The van der Waals surface area contributed by atoms with E-state index in [2.05, 4.69) is 22.0 Å². The van der Waals surface area contributed by atoms with Crippen LogP contribution in [0.4, 0.5) is 0 Å². The first-order chi connectivity index (χ1) is 6.97. The van der Waals surface area contributed by atoms with Crippen molar-refractivity contribution >= 4 is 5.70 Å². The standard InChI is InChI=1S/C10H16N4O/c1-6(2)9(10(15)11-5)14-8(4)12-7(3)13-14/h11,15H,1H2,2-5H3/b10-9-. The number of aryl methyl sites for hydroxylation is 2. The molecule has 0 spiro atoms. The monoisotopic (exact) mass is 208 g/mol. The molecule has 1 aromatic heterocycles. The number of nitrogens with zero attached hydrogens (tertiary/aromatic N) is 3. The molecule has 5 heteroatoms. The van der Waals surface area contributed by atoms with E-state index in [1.165, 1.54) is 0 Å². The Morgan fingerprint density at radius 3 is 2.40 bits per heavy atom. The van der Waals surface area contributed by atoms with Crippen molar-refractivity contribution in [3.8, 4) is 0 Å². The van der Waals surface area contributed by atoms with Gasteiger partial charge in [0.05, 0.1) is 0 Å². The fourth-order valence-corrected chi connectivity index (χ4v) is 1.33. The van der Waals surface area contributed by atoms with Gasteiger partial charge in [0.15, 0.2) is 0 Å². The molecule has 5 nitrogen and oxygen atoms in total. The van der Waals surface area contributed by atoms with Crippen LogP contribution in [0.3, 0.4) is 0 Å². The van der Waals surface area contributed by atoms with Gasteiger partial charge in [0, 0.05) is 7.05 Å². The highest BCUT2D eigenvalue weighted by Crippen LogP contribution is 2.17. The third-order valence-electron chi connectivity index (χ3n) is 1.95. The van der Waals surface area contributed by atoms with Crippen LogP contribution in [0.25, 0.3) is 5.70 Å². The minimum absolute atomic E-state index is 0.0375. The molecule has 0 saturated carbocycles. The summed E-state index contributed by atoms with van der Waals surface area (Å²) >= 11 is 0. The second-order valence-corrected chi connectivity index (χ2v) is 3.35. The quantitative estimate of drug-likeness (QED) is 0.581. The molecule has 0 bridgehead atoms. The Balaban J connectivity index is 3.35. The SMILES string of the molecule is C=C(C)/C(=C(/O)NC)n1nc(C)nc1C. The Morgan fingerprint density at radius 1 is 1.47 bits per heavy atom. The van der Waals surface area contributed by atoms with Gasteiger partial charge < -0.3 is 10.4 Å². The Kier molecular flexibility index (Phi) is 3.14. The molecule has 1 aromatic rings. The summed E-state index contributed by atoms with van der Waals surface area (Å²) in [6.45, 7) is 9.24.